The molecule has 1 aliphatic heterocycles. The van der Waals surface area contributed by atoms with Gasteiger partial charge < -0.3 is 14.8 Å². The molecule has 0 aromatic heterocycles. The van der Waals surface area contributed by atoms with Crippen molar-refractivity contribution in [2.75, 3.05) is 16.8 Å². The molecule has 148 valence electrons. The first-order valence-electron chi connectivity index (χ1n) is 8.50. The minimum absolute atomic E-state index is 0.0635. The second-order valence-electron chi connectivity index (χ2n) is 6.16. The van der Waals surface area contributed by atoms with Gasteiger partial charge in [-0.2, -0.15) is 0 Å². The first-order valence-corrected chi connectivity index (χ1v) is 10.4. The van der Waals surface area contributed by atoms with Crippen LogP contribution in [-0.4, -0.2) is 21.1 Å². The highest BCUT2D eigenvalue weighted by atomic mass is 35.5. The van der Waals surface area contributed by atoms with Crippen molar-refractivity contribution in [3.63, 3.8) is 0 Å². The van der Waals surface area contributed by atoms with Crippen molar-refractivity contribution in [3.8, 4) is 11.5 Å². The Hall–Kier alpha value is -3.23. The molecule has 0 radical (unpaired) electrons. The maximum atomic E-state index is 12.5. The predicted molar refractivity (Wildman–Crippen MR) is 109 cm³/mol. The molecule has 2 N–H and O–H groups in total. The molecule has 0 unspecified atom stereocenters. The third-order valence-electron chi connectivity index (χ3n) is 4.15. The topological polar surface area (TPSA) is 93.7 Å². The fourth-order valence-corrected chi connectivity index (χ4v) is 3.88. The molecular weight excluding hydrogens is 416 g/mol. The second kappa shape index (κ2) is 7.65. The van der Waals surface area contributed by atoms with Crippen molar-refractivity contribution in [1.29, 1.82) is 0 Å². The van der Waals surface area contributed by atoms with Crippen LogP contribution in [0.25, 0.3) is 0 Å². The lowest BCUT2D eigenvalue weighted by Gasteiger charge is -2.10. The average Bonchev–Trinajstić information content (AvgIpc) is 3.18. The first-order chi connectivity index (χ1) is 13.9. The molecular formula is C20H15ClN2O5S. The number of carbonyl (C=O) groups excluding carboxylic acids is 1. The summed E-state index contributed by atoms with van der Waals surface area (Å²) in [5.74, 6) is 0.745. The van der Waals surface area contributed by atoms with Gasteiger partial charge in [-0.25, -0.2) is 8.42 Å². The zero-order valence-electron chi connectivity index (χ0n) is 14.9. The van der Waals surface area contributed by atoms with E-state index < -0.39 is 10.0 Å². The molecule has 0 spiro atoms. The Kier molecular flexibility index (Phi) is 5.04. The molecule has 29 heavy (non-hydrogen) atoms. The smallest absolute Gasteiger partial charge is 0.261 e. The zero-order chi connectivity index (χ0) is 20.4. The van der Waals surface area contributed by atoms with Crippen LogP contribution >= 0.6 is 11.6 Å². The van der Waals surface area contributed by atoms with Gasteiger partial charge in [-0.05, 0) is 66.7 Å². The summed E-state index contributed by atoms with van der Waals surface area (Å²) in [6.07, 6.45) is 0. The van der Waals surface area contributed by atoms with Gasteiger partial charge in [0.15, 0.2) is 11.5 Å². The first kappa shape index (κ1) is 19.1. The van der Waals surface area contributed by atoms with Gasteiger partial charge in [-0.3, -0.25) is 9.52 Å². The van der Waals surface area contributed by atoms with Crippen molar-refractivity contribution in [2.24, 2.45) is 0 Å². The van der Waals surface area contributed by atoms with Crippen molar-refractivity contribution >= 4 is 38.9 Å². The Labute approximate surface area is 172 Å². The van der Waals surface area contributed by atoms with Crippen LogP contribution in [0.2, 0.25) is 5.02 Å². The summed E-state index contributed by atoms with van der Waals surface area (Å²) in [5.41, 5.74) is 1.25. The van der Waals surface area contributed by atoms with E-state index in [1.165, 1.54) is 24.3 Å². The minimum atomic E-state index is -3.77. The minimum Gasteiger partial charge on any atom is -0.454 e. The fourth-order valence-electron chi connectivity index (χ4n) is 2.69. The molecule has 3 aromatic rings. The number of amides is 1. The summed E-state index contributed by atoms with van der Waals surface area (Å²) in [6, 6.07) is 17.0. The van der Waals surface area contributed by atoms with E-state index in [0.717, 1.165) is 0 Å². The lowest BCUT2D eigenvalue weighted by Crippen LogP contribution is -2.14. The molecule has 0 aliphatic carbocycles. The van der Waals surface area contributed by atoms with Gasteiger partial charge in [0.05, 0.1) is 4.90 Å². The molecule has 0 bridgehead atoms. The highest BCUT2D eigenvalue weighted by Crippen LogP contribution is 2.32. The van der Waals surface area contributed by atoms with Crippen LogP contribution in [0.4, 0.5) is 11.4 Å². The van der Waals surface area contributed by atoms with Crippen LogP contribution in [0.3, 0.4) is 0 Å². The van der Waals surface area contributed by atoms with Gasteiger partial charge in [0.25, 0.3) is 15.9 Å². The van der Waals surface area contributed by atoms with E-state index in [2.05, 4.69) is 10.0 Å². The van der Waals surface area contributed by atoms with Crippen LogP contribution in [0.15, 0.2) is 71.6 Å². The molecule has 1 aliphatic rings. The number of ether oxygens (including phenoxy) is 2. The van der Waals surface area contributed by atoms with E-state index in [4.69, 9.17) is 21.1 Å². The summed E-state index contributed by atoms with van der Waals surface area (Å²) in [4.78, 5) is 12.5. The Morgan fingerprint density at radius 3 is 2.24 bits per heavy atom. The van der Waals surface area contributed by atoms with E-state index in [9.17, 15) is 13.2 Å². The Morgan fingerprint density at radius 1 is 0.862 bits per heavy atom. The number of hydrogen-bond acceptors (Lipinski definition) is 5. The number of sulfonamides is 1. The SMILES string of the molecule is O=C(Nc1ccc(S(=O)(=O)Nc2ccc(Cl)cc2)cc1)c1ccc2c(c1)OCO2. The van der Waals surface area contributed by atoms with Crippen molar-refractivity contribution < 1.29 is 22.7 Å². The predicted octanol–water partition coefficient (Wildman–Crippen LogP) is 4.12. The van der Waals surface area contributed by atoms with E-state index in [0.29, 0.717) is 33.5 Å². The highest BCUT2D eigenvalue weighted by molar-refractivity contribution is 7.92. The third kappa shape index (κ3) is 4.28. The number of anilines is 2. The van der Waals surface area contributed by atoms with Gasteiger partial charge in [0, 0.05) is 22.0 Å². The number of benzene rings is 3. The molecule has 0 atom stereocenters. The maximum Gasteiger partial charge on any atom is 0.261 e. The number of hydrogen-bond donors (Lipinski definition) is 2. The van der Waals surface area contributed by atoms with E-state index in [-0.39, 0.29) is 17.6 Å². The van der Waals surface area contributed by atoms with Gasteiger partial charge in [0.2, 0.25) is 6.79 Å². The van der Waals surface area contributed by atoms with Crippen LogP contribution in [0, 0.1) is 0 Å². The molecule has 0 saturated carbocycles. The molecule has 1 amide bonds. The monoisotopic (exact) mass is 430 g/mol. The van der Waals surface area contributed by atoms with Crippen molar-refractivity contribution in [3.05, 3.63) is 77.3 Å². The lowest BCUT2D eigenvalue weighted by molar-refractivity contribution is 0.102. The molecule has 7 nitrogen and oxygen atoms in total. The molecule has 0 saturated heterocycles. The number of halogens is 1. The fraction of sp³-hybridized carbons (Fsp3) is 0.0500. The van der Waals surface area contributed by atoms with Gasteiger partial charge in [-0.15, -0.1) is 0 Å². The van der Waals surface area contributed by atoms with Crippen LogP contribution < -0.4 is 19.5 Å². The lowest BCUT2D eigenvalue weighted by atomic mass is 10.2. The number of rotatable bonds is 5. The normalized spacial score (nSPS) is 12.4. The molecule has 4 rings (SSSR count). The van der Waals surface area contributed by atoms with Crippen molar-refractivity contribution in [1.82, 2.24) is 0 Å². The largest absolute Gasteiger partial charge is 0.454 e. The Morgan fingerprint density at radius 2 is 1.52 bits per heavy atom. The molecule has 3 aromatic carbocycles. The summed E-state index contributed by atoms with van der Waals surface area (Å²) in [7, 11) is -3.77. The summed E-state index contributed by atoms with van der Waals surface area (Å²) in [5, 5.41) is 3.23. The van der Waals surface area contributed by atoms with E-state index >= 15 is 0 Å². The third-order valence-corrected chi connectivity index (χ3v) is 5.80. The molecule has 9 heteroatoms. The second-order valence-corrected chi connectivity index (χ2v) is 8.28. The van der Waals surface area contributed by atoms with Crippen LogP contribution in [0.5, 0.6) is 11.5 Å². The van der Waals surface area contributed by atoms with E-state index in [1.807, 2.05) is 0 Å². The number of carbonyl (C=O) groups is 1. The summed E-state index contributed by atoms with van der Waals surface area (Å²) >= 11 is 5.81. The quantitative estimate of drug-likeness (QED) is 0.635. The Balaban J connectivity index is 1.46. The number of fused-ring (bicyclic) bond motifs is 1. The molecule has 0 fully saturated rings. The highest BCUT2D eigenvalue weighted by Gasteiger charge is 2.17. The summed E-state index contributed by atoms with van der Waals surface area (Å²) in [6.45, 7) is 0.125. The van der Waals surface area contributed by atoms with Crippen LogP contribution in [-0.2, 0) is 10.0 Å². The number of nitrogens with one attached hydrogen (secondary N) is 2. The maximum absolute atomic E-state index is 12.5. The van der Waals surface area contributed by atoms with E-state index in [1.54, 1.807) is 42.5 Å². The Bertz CT molecular complexity index is 1160. The van der Waals surface area contributed by atoms with Gasteiger partial charge in [-0.1, -0.05) is 11.6 Å². The summed E-state index contributed by atoms with van der Waals surface area (Å²) < 4.78 is 37.9. The van der Waals surface area contributed by atoms with Crippen molar-refractivity contribution in [2.45, 2.75) is 4.90 Å². The van der Waals surface area contributed by atoms with Gasteiger partial charge in [0.1, 0.15) is 0 Å². The standard InChI is InChI=1S/C20H15ClN2O5S/c21-14-2-4-16(5-3-14)23-29(25,26)17-8-6-15(7-9-17)22-20(24)13-1-10-18-19(11-13)28-12-27-18/h1-11,23H,12H2,(H,22,24). The molecule has 1 heterocycles. The average molecular weight is 431 g/mol. The zero-order valence-corrected chi connectivity index (χ0v) is 16.5. The van der Waals surface area contributed by atoms with Gasteiger partial charge >= 0.3 is 0 Å². The van der Waals surface area contributed by atoms with Crippen LogP contribution in [0.1, 0.15) is 10.4 Å².